The van der Waals surface area contributed by atoms with Crippen LogP contribution >= 0.6 is 0 Å². The first kappa shape index (κ1) is 17.9. The third-order valence-corrected chi connectivity index (χ3v) is 3.51. The molecule has 2 aromatic rings. The maximum absolute atomic E-state index is 12.0. The Kier molecular flexibility index (Phi) is 5.28. The van der Waals surface area contributed by atoms with E-state index >= 15 is 0 Å². The van der Waals surface area contributed by atoms with Crippen molar-refractivity contribution in [3.63, 3.8) is 0 Å². The van der Waals surface area contributed by atoms with Gasteiger partial charge in [0, 0.05) is 17.7 Å². The lowest BCUT2D eigenvalue weighted by Gasteiger charge is -2.10. The Hall–Kier alpha value is -3.49. The van der Waals surface area contributed by atoms with Crippen molar-refractivity contribution in [2.24, 2.45) is 0 Å². The quantitative estimate of drug-likeness (QED) is 0.633. The number of carbonyl (C=O) groups excluding carboxylic acids is 1. The van der Waals surface area contributed by atoms with Crippen LogP contribution in [0.25, 0.3) is 0 Å². The summed E-state index contributed by atoms with van der Waals surface area (Å²) in [5, 5.41) is 24.2. The van der Waals surface area contributed by atoms with E-state index in [1.807, 2.05) is 0 Å². The van der Waals surface area contributed by atoms with E-state index in [1.54, 1.807) is 13.0 Å². The van der Waals surface area contributed by atoms with Crippen molar-refractivity contribution in [2.75, 3.05) is 11.9 Å². The summed E-state index contributed by atoms with van der Waals surface area (Å²) in [6.45, 7) is 2.77. The van der Waals surface area contributed by atoms with Gasteiger partial charge in [0.25, 0.3) is 17.3 Å². The lowest BCUT2D eigenvalue weighted by atomic mass is 10.1. The molecule has 0 aromatic heterocycles. The normalized spacial score (nSPS) is 10.2. The molecule has 0 aliphatic heterocycles. The summed E-state index contributed by atoms with van der Waals surface area (Å²) in [7, 11) is 0. The molecule has 0 radical (unpaired) electrons. The highest BCUT2D eigenvalue weighted by Gasteiger charge is 2.15. The first-order chi connectivity index (χ1) is 11.8. The first-order valence-electron chi connectivity index (χ1n) is 7.21. The summed E-state index contributed by atoms with van der Waals surface area (Å²) in [6, 6.07) is 8.53. The lowest BCUT2D eigenvalue weighted by Crippen LogP contribution is -2.20. The Balaban J connectivity index is 2.02. The van der Waals surface area contributed by atoms with Crippen LogP contribution in [-0.4, -0.2) is 22.4 Å². The fraction of sp³-hybridized carbons (Fsp3) is 0.188. The maximum atomic E-state index is 12.0. The highest BCUT2D eigenvalue weighted by Crippen LogP contribution is 2.25. The second-order valence-corrected chi connectivity index (χ2v) is 5.25. The van der Waals surface area contributed by atoms with Crippen LogP contribution in [-0.2, 0) is 4.79 Å². The van der Waals surface area contributed by atoms with Gasteiger partial charge in [-0.1, -0.05) is 6.07 Å². The van der Waals surface area contributed by atoms with Crippen molar-refractivity contribution < 1.29 is 19.4 Å². The zero-order chi connectivity index (χ0) is 18.6. The third kappa shape index (κ3) is 4.28. The van der Waals surface area contributed by atoms with Crippen molar-refractivity contribution in [3.8, 4) is 5.75 Å². The molecule has 0 aliphatic carbocycles. The highest BCUT2D eigenvalue weighted by molar-refractivity contribution is 5.93. The maximum Gasteiger partial charge on any atom is 0.274 e. The number of rotatable bonds is 6. The Morgan fingerprint density at radius 1 is 1.08 bits per heavy atom. The molecule has 0 spiro atoms. The SMILES string of the molecule is Cc1cc(OCC(=O)Nc2cccc([N+](=O)[O-])c2C)ccc1[N+](=O)[O-]. The van der Waals surface area contributed by atoms with Crippen LogP contribution in [0.4, 0.5) is 17.1 Å². The predicted octanol–water partition coefficient (Wildman–Crippen LogP) is 3.14. The van der Waals surface area contributed by atoms with Crippen LogP contribution in [0.5, 0.6) is 5.75 Å². The van der Waals surface area contributed by atoms with E-state index in [2.05, 4.69) is 5.32 Å². The number of hydrogen-bond donors (Lipinski definition) is 1. The number of nitrogens with one attached hydrogen (secondary N) is 1. The van der Waals surface area contributed by atoms with Crippen molar-refractivity contribution in [1.29, 1.82) is 0 Å². The second-order valence-electron chi connectivity index (χ2n) is 5.25. The van der Waals surface area contributed by atoms with Crippen LogP contribution < -0.4 is 10.1 Å². The average molecular weight is 345 g/mol. The zero-order valence-electron chi connectivity index (χ0n) is 13.5. The molecule has 9 nitrogen and oxygen atoms in total. The Morgan fingerprint density at radius 3 is 2.36 bits per heavy atom. The number of nitro groups is 2. The smallest absolute Gasteiger partial charge is 0.274 e. The van der Waals surface area contributed by atoms with E-state index in [-0.39, 0.29) is 18.0 Å². The van der Waals surface area contributed by atoms with Gasteiger partial charge in [-0.15, -0.1) is 0 Å². The topological polar surface area (TPSA) is 125 Å². The van der Waals surface area contributed by atoms with Crippen molar-refractivity contribution in [1.82, 2.24) is 0 Å². The molecular formula is C16H15N3O6. The molecule has 2 aromatic carbocycles. The Morgan fingerprint density at radius 2 is 1.76 bits per heavy atom. The number of nitro benzene ring substituents is 2. The molecular weight excluding hydrogens is 330 g/mol. The molecule has 0 fully saturated rings. The summed E-state index contributed by atoms with van der Waals surface area (Å²) in [6.07, 6.45) is 0. The van der Waals surface area contributed by atoms with Gasteiger partial charge in [0.2, 0.25) is 0 Å². The average Bonchev–Trinajstić information content (AvgIpc) is 2.54. The van der Waals surface area contributed by atoms with Crippen molar-refractivity contribution >= 4 is 23.0 Å². The van der Waals surface area contributed by atoms with Gasteiger partial charge in [-0.3, -0.25) is 25.0 Å². The number of aryl methyl sites for hydroxylation is 1. The molecule has 2 rings (SSSR count). The molecule has 25 heavy (non-hydrogen) atoms. The third-order valence-electron chi connectivity index (χ3n) is 3.51. The van der Waals surface area contributed by atoms with Gasteiger partial charge in [-0.05, 0) is 32.0 Å². The van der Waals surface area contributed by atoms with Crippen molar-refractivity contribution in [3.05, 3.63) is 67.8 Å². The van der Waals surface area contributed by atoms with E-state index in [0.717, 1.165) is 0 Å². The van der Waals surface area contributed by atoms with Crippen LogP contribution in [0, 0.1) is 34.1 Å². The molecule has 9 heteroatoms. The number of anilines is 1. The van der Waals surface area contributed by atoms with Gasteiger partial charge in [0.05, 0.1) is 21.1 Å². The second kappa shape index (κ2) is 7.39. The van der Waals surface area contributed by atoms with Gasteiger partial charge in [0.1, 0.15) is 5.75 Å². The minimum Gasteiger partial charge on any atom is -0.484 e. The number of carbonyl (C=O) groups is 1. The lowest BCUT2D eigenvalue weighted by molar-refractivity contribution is -0.385. The molecule has 0 bridgehead atoms. The van der Waals surface area contributed by atoms with Gasteiger partial charge >= 0.3 is 0 Å². The predicted molar refractivity (Wildman–Crippen MR) is 89.8 cm³/mol. The fourth-order valence-corrected chi connectivity index (χ4v) is 2.21. The standard InChI is InChI=1S/C16H15N3O6/c1-10-8-12(6-7-14(10)18(21)22)25-9-16(20)17-13-4-3-5-15(11(13)2)19(23)24/h3-8H,9H2,1-2H3,(H,17,20). The fourth-order valence-electron chi connectivity index (χ4n) is 2.21. The monoisotopic (exact) mass is 345 g/mol. The van der Waals surface area contributed by atoms with E-state index < -0.39 is 15.8 Å². The van der Waals surface area contributed by atoms with Crippen LogP contribution in [0.2, 0.25) is 0 Å². The first-order valence-corrected chi connectivity index (χ1v) is 7.21. The summed E-state index contributed by atoms with van der Waals surface area (Å²) in [5.74, 6) is -0.186. The Bertz CT molecular complexity index is 850. The number of nitrogens with zero attached hydrogens (tertiary/aromatic N) is 2. The van der Waals surface area contributed by atoms with Gasteiger partial charge in [-0.25, -0.2) is 0 Å². The molecule has 1 amide bonds. The molecule has 0 atom stereocenters. The summed E-state index contributed by atoms with van der Waals surface area (Å²) >= 11 is 0. The molecule has 0 saturated carbocycles. The minimum absolute atomic E-state index is 0.0379. The highest BCUT2D eigenvalue weighted by atomic mass is 16.6. The molecule has 0 saturated heterocycles. The minimum atomic E-state index is -0.527. The number of benzene rings is 2. The molecule has 1 N–H and O–H groups in total. The van der Waals surface area contributed by atoms with Crippen LogP contribution in [0.15, 0.2) is 36.4 Å². The van der Waals surface area contributed by atoms with E-state index in [1.165, 1.54) is 37.3 Å². The molecule has 130 valence electrons. The number of ether oxygens (including phenoxy) is 1. The Labute approximate surface area is 142 Å². The zero-order valence-corrected chi connectivity index (χ0v) is 13.5. The summed E-state index contributed by atoms with van der Waals surface area (Å²) in [4.78, 5) is 32.6. The van der Waals surface area contributed by atoms with E-state index in [4.69, 9.17) is 4.74 Å². The van der Waals surface area contributed by atoms with Gasteiger partial charge < -0.3 is 10.1 Å². The molecule has 0 unspecified atom stereocenters. The van der Waals surface area contributed by atoms with Crippen LogP contribution in [0.3, 0.4) is 0 Å². The summed E-state index contributed by atoms with van der Waals surface area (Å²) in [5.41, 5.74) is 0.945. The van der Waals surface area contributed by atoms with Gasteiger partial charge in [0.15, 0.2) is 6.61 Å². The largest absolute Gasteiger partial charge is 0.484 e. The van der Waals surface area contributed by atoms with E-state index in [0.29, 0.717) is 22.6 Å². The molecule has 0 aliphatic rings. The van der Waals surface area contributed by atoms with Crippen molar-refractivity contribution in [2.45, 2.75) is 13.8 Å². The number of amides is 1. The summed E-state index contributed by atoms with van der Waals surface area (Å²) < 4.78 is 5.30. The van der Waals surface area contributed by atoms with Crippen LogP contribution in [0.1, 0.15) is 11.1 Å². The van der Waals surface area contributed by atoms with Gasteiger partial charge in [-0.2, -0.15) is 0 Å². The molecule has 0 heterocycles. The number of hydrogen-bond acceptors (Lipinski definition) is 6. The van der Waals surface area contributed by atoms with E-state index in [9.17, 15) is 25.0 Å².